The molecule has 3 rings (SSSR count). The van der Waals surface area contributed by atoms with E-state index in [2.05, 4.69) is 30.4 Å². The summed E-state index contributed by atoms with van der Waals surface area (Å²) in [6.45, 7) is 1.51. The van der Waals surface area contributed by atoms with Crippen LogP contribution in [0.15, 0.2) is 36.0 Å². The number of rotatable bonds is 1. The van der Waals surface area contributed by atoms with Crippen LogP contribution in [0.3, 0.4) is 0 Å². The van der Waals surface area contributed by atoms with Crippen LogP contribution in [-0.2, 0) is 9.53 Å². The summed E-state index contributed by atoms with van der Waals surface area (Å²) in [4.78, 5) is 11.3. The monoisotopic (exact) mass is 245 g/mol. The molecular weight excluding hydrogens is 226 g/mol. The molecule has 3 aliphatic rings. The van der Waals surface area contributed by atoms with Crippen LogP contribution in [0, 0.1) is 23.7 Å². The van der Waals surface area contributed by atoms with E-state index in [1.54, 1.807) is 0 Å². The van der Waals surface area contributed by atoms with Gasteiger partial charge in [0.1, 0.15) is 0 Å². The van der Waals surface area contributed by atoms with Crippen molar-refractivity contribution in [2.24, 2.45) is 29.4 Å². The molecule has 3 heteroatoms. The fourth-order valence-electron chi connectivity index (χ4n) is 3.49. The molecular formula is C15H19NO2. The Morgan fingerprint density at radius 1 is 1.22 bits per heavy atom. The number of allylic oxidation sites excluding steroid dienone is 3. The molecule has 1 heterocycles. The Balaban J connectivity index is 1.87. The third-order valence-electron chi connectivity index (χ3n) is 4.44. The molecule has 2 aliphatic carbocycles. The van der Waals surface area contributed by atoms with E-state index in [1.807, 2.05) is 0 Å². The first-order valence-electron chi connectivity index (χ1n) is 6.69. The van der Waals surface area contributed by atoms with Crippen LogP contribution in [-0.4, -0.2) is 19.1 Å². The van der Waals surface area contributed by atoms with E-state index >= 15 is 0 Å². The number of amides is 1. The maximum atomic E-state index is 11.3. The van der Waals surface area contributed by atoms with E-state index in [0.29, 0.717) is 23.7 Å². The summed E-state index contributed by atoms with van der Waals surface area (Å²) in [5, 5.41) is 0. The molecule has 1 amide bonds. The molecule has 4 atom stereocenters. The highest BCUT2D eigenvalue weighted by Crippen LogP contribution is 2.41. The van der Waals surface area contributed by atoms with Crippen molar-refractivity contribution in [2.45, 2.75) is 12.8 Å². The molecule has 96 valence electrons. The van der Waals surface area contributed by atoms with Gasteiger partial charge in [0.05, 0.1) is 13.2 Å². The van der Waals surface area contributed by atoms with Gasteiger partial charge in [-0.15, -0.1) is 0 Å². The standard InChI is InChI=1S/C15H19NO2/c16-15(17)10-5-6-14-12(7-10)9-18-8-11-3-1-2-4-13(11)14/h1-4,7,11-14H,5-6,8-9H2,(H2,16,17). The normalized spacial score (nSPS) is 38.3. The summed E-state index contributed by atoms with van der Waals surface area (Å²) in [7, 11) is 0. The average molecular weight is 245 g/mol. The predicted octanol–water partition coefficient (Wildman–Crippen LogP) is 1.81. The molecule has 0 aromatic rings. The second kappa shape index (κ2) is 4.73. The maximum absolute atomic E-state index is 11.3. The summed E-state index contributed by atoms with van der Waals surface area (Å²) in [6, 6.07) is 0. The van der Waals surface area contributed by atoms with E-state index < -0.39 is 0 Å². The number of ether oxygens (including phenoxy) is 1. The zero-order valence-corrected chi connectivity index (χ0v) is 10.4. The zero-order valence-electron chi connectivity index (χ0n) is 10.4. The summed E-state index contributed by atoms with van der Waals surface area (Å²) in [6.07, 6.45) is 12.7. The van der Waals surface area contributed by atoms with Crippen molar-refractivity contribution in [2.75, 3.05) is 13.2 Å². The lowest BCUT2D eigenvalue weighted by Gasteiger charge is -2.34. The molecule has 0 aromatic carbocycles. The molecule has 0 spiro atoms. The van der Waals surface area contributed by atoms with Crippen molar-refractivity contribution >= 4 is 5.91 Å². The topological polar surface area (TPSA) is 52.3 Å². The van der Waals surface area contributed by atoms with Crippen LogP contribution in [0.5, 0.6) is 0 Å². The molecule has 1 fully saturated rings. The van der Waals surface area contributed by atoms with Crippen molar-refractivity contribution in [1.29, 1.82) is 0 Å². The highest BCUT2D eigenvalue weighted by Gasteiger charge is 2.37. The zero-order chi connectivity index (χ0) is 12.5. The highest BCUT2D eigenvalue weighted by molar-refractivity contribution is 5.92. The van der Waals surface area contributed by atoms with Crippen LogP contribution in [0.4, 0.5) is 0 Å². The summed E-state index contributed by atoms with van der Waals surface area (Å²) >= 11 is 0. The maximum Gasteiger partial charge on any atom is 0.244 e. The highest BCUT2D eigenvalue weighted by atomic mass is 16.5. The summed E-state index contributed by atoms with van der Waals surface area (Å²) < 4.78 is 5.78. The third kappa shape index (κ3) is 2.03. The molecule has 0 bridgehead atoms. The Morgan fingerprint density at radius 2 is 2.00 bits per heavy atom. The molecule has 1 saturated heterocycles. The van der Waals surface area contributed by atoms with Crippen LogP contribution in [0.2, 0.25) is 0 Å². The van der Waals surface area contributed by atoms with Crippen molar-refractivity contribution in [3.05, 3.63) is 36.0 Å². The second-order valence-corrected chi connectivity index (χ2v) is 5.47. The Morgan fingerprint density at radius 3 is 2.83 bits per heavy atom. The minimum atomic E-state index is -0.270. The van der Waals surface area contributed by atoms with Crippen LogP contribution in [0.25, 0.3) is 0 Å². The SMILES string of the molecule is NC(=O)C1=CC2COCC3C=CC=CC3C2CC1. The second-order valence-electron chi connectivity index (χ2n) is 5.47. The Kier molecular flexibility index (Phi) is 3.08. The van der Waals surface area contributed by atoms with E-state index in [9.17, 15) is 4.79 Å². The first-order chi connectivity index (χ1) is 8.75. The summed E-state index contributed by atoms with van der Waals surface area (Å²) in [5.41, 5.74) is 6.17. The molecule has 2 N–H and O–H groups in total. The minimum absolute atomic E-state index is 0.270. The van der Waals surface area contributed by atoms with E-state index in [1.165, 1.54) is 0 Å². The van der Waals surface area contributed by atoms with Crippen LogP contribution in [0.1, 0.15) is 12.8 Å². The number of fused-ring (bicyclic) bond motifs is 3. The summed E-state index contributed by atoms with van der Waals surface area (Å²) in [5.74, 6) is 1.70. The van der Waals surface area contributed by atoms with E-state index in [0.717, 1.165) is 31.6 Å². The van der Waals surface area contributed by atoms with Gasteiger partial charge >= 0.3 is 0 Å². The molecule has 0 radical (unpaired) electrons. The minimum Gasteiger partial charge on any atom is -0.380 e. The number of hydrogen-bond acceptors (Lipinski definition) is 2. The van der Waals surface area contributed by atoms with Gasteiger partial charge in [0, 0.05) is 17.4 Å². The molecule has 1 aliphatic heterocycles. The van der Waals surface area contributed by atoms with Gasteiger partial charge in [-0.2, -0.15) is 0 Å². The van der Waals surface area contributed by atoms with Gasteiger partial charge in [0.2, 0.25) is 5.91 Å². The van der Waals surface area contributed by atoms with Crippen molar-refractivity contribution in [3.63, 3.8) is 0 Å². The fraction of sp³-hybridized carbons (Fsp3) is 0.533. The smallest absolute Gasteiger partial charge is 0.244 e. The van der Waals surface area contributed by atoms with Gasteiger partial charge in [-0.05, 0) is 24.7 Å². The number of carbonyl (C=O) groups is 1. The van der Waals surface area contributed by atoms with Gasteiger partial charge in [0.25, 0.3) is 0 Å². The molecule has 18 heavy (non-hydrogen) atoms. The molecule has 0 saturated carbocycles. The van der Waals surface area contributed by atoms with Gasteiger partial charge in [0.15, 0.2) is 0 Å². The first-order valence-corrected chi connectivity index (χ1v) is 6.69. The number of hydrogen-bond donors (Lipinski definition) is 1. The van der Waals surface area contributed by atoms with Crippen LogP contribution >= 0.6 is 0 Å². The Hall–Kier alpha value is -1.35. The number of carbonyl (C=O) groups excluding carboxylic acids is 1. The van der Waals surface area contributed by atoms with Gasteiger partial charge < -0.3 is 10.5 Å². The fourth-order valence-corrected chi connectivity index (χ4v) is 3.49. The molecule has 4 unspecified atom stereocenters. The van der Waals surface area contributed by atoms with E-state index in [4.69, 9.17) is 10.5 Å². The van der Waals surface area contributed by atoms with Crippen molar-refractivity contribution in [3.8, 4) is 0 Å². The Bertz CT molecular complexity index is 436. The lowest BCUT2D eigenvalue weighted by atomic mass is 9.69. The molecule has 0 aromatic heterocycles. The third-order valence-corrected chi connectivity index (χ3v) is 4.44. The lowest BCUT2D eigenvalue weighted by Crippen LogP contribution is -2.31. The van der Waals surface area contributed by atoms with Crippen LogP contribution < -0.4 is 5.73 Å². The molecule has 3 nitrogen and oxygen atoms in total. The number of nitrogens with two attached hydrogens (primary N) is 1. The van der Waals surface area contributed by atoms with Gasteiger partial charge in [-0.25, -0.2) is 0 Å². The number of primary amides is 1. The average Bonchev–Trinajstić information content (AvgIpc) is 2.57. The van der Waals surface area contributed by atoms with Gasteiger partial charge in [-0.1, -0.05) is 30.4 Å². The quantitative estimate of drug-likeness (QED) is 0.766. The predicted molar refractivity (Wildman–Crippen MR) is 69.6 cm³/mol. The van der Waals surface area contributed by atoms with Crippen molar-refractivity contribution < 1.29 is 9.53 Å². The first kappa shape index (κ1) is 11.7. The van der Waals surface area contributed by atoms with E-state index in [-0.39, 0.29) is 5.91 Å². The Labute approximate surface area is 107 Å². The van der Waals surface area contributed by atoms with Gasteiger partial charge in [-0.3, -0.25) is 4.79 Å². The lowest BCUT2D eigenvalue weighted by molar-refractivity contribution is -0.114. The largest absolute Gasteiger partial charge is 0.380 e. The van der Waals surface area contributed by atoms with Crippen molar-refractivity contribution in [1.82, 2.24) is 0 Å².